The summed E-state index contributed by atoms with van der Waals surface area (Å²) in [5, 5.41) is 11.4. The zero-order valence-corrected chi connectivity index (χ0v) is 12.4. The van der Waals surface area contributed by atoms with Crippen LogP contribution in [-0.4, -0.2) is 10.2 Å². The van der Waals surface area contributed by atoms with Crippen molar-refractivity contribution in [3.63, 3.8) is 0 Å². The second-order valence-electron chi connectivity index (χ2n) is 5.87. The highest BCUT2D eigenvalue weighted by atomic mass is 79.9. The maximum atomic E-state index is 4.46. The maximum Gasteiger partial charge on any atom is 0.131 e. The van der Waals surface area contributed by atoms with E-state index in [4.69, 9.17) is 0 Å². The molecule has 1 aromatic rings. The quantitative estimate of drug-likeness (QED) is 0.784. The Morgan fingerprint density at radius 3 is 2.65 bits per heavy atom. The second kappa shape index (κ2) is 3.77. The third-order valence-electron chi connectivity index (χ3n) is 5.10. The number of alkyl halides is 1. The lowest BCUT2D eigenvalue weighted by Gasteiger charge is -2.04. The molecule has 0 spiro atoms. The number of hydrogen-bond donors (Lipinski definition) is 0. The molecule has 17 heavy (non-hydrogen) atoms. The predicted molar refractivity (Wildman–Crippen MR) is 72.4 cm³/mol. The van der Waals surface area contributed by atoms with Gasteiger partial charge in [0.1, 0.15) is 10.0 Å². The first-order valence-electron chi connectivity index (χ1n) is 6.77. The van der Waals surface area contributed by atoms with Crippen LogP contribution in [0.3, 0.4) is 0 Å². The number of fused-ring (bicyclic) bond motifs is 5. The first-order chi connectivity index (χ1) is 8.29. The molecule has 5 atom stereocenters. The molecule has 0 amide bonds. The first kappa shape index (κ1) is 10.9. The molecule has 0 aromatic carbocycles. The van der Waals surface area contributed by atoms with Crippen LogP contribution in [0.2, 0.25) is 0 Å². The Bertz CT molecular complexity index is 430. The molecule has 2 nitrogen and oxygen atoms in total. The van der Waals surface area contributed by atoms with Crippen molar-refractivity contribution in [1.82, 2.24) is 10.2 Å². The van der Waals surface area contributed by atoms with Crippen LogP contribution < -0.4 is 0 Å². The summed E-state index contributed by atoms with van der Waals surface area (Å²) < 4.78 is 0. The number of aromatic nitrogens is 2. The van der Waals surface area contributed by atoms with Crippen LogP contribution in [-0.2, 0) is 0 Å². The van der Waals surface area contributed by atoms with E-state index in [-0.39, 0.29) is 0 Å². The van der Waals surface area contributed by atoms with Gasteiger partial charge in [-0.2, -0.15) is 0 Å². The minimum absolute atomic E-state index is 0.407. The van der Waals surface area contributed by atoms with Crippen LogP contribution in [0.1, 0.15) is 53.4 Å². The highest BCUT2D eigenvalue weighted by molar-refractivity contribution is 9.09. The lowest BCUT2D eigenvalue weighted by Crippen LogP contribution is -1.96. The number of rotatable bonds is 3. The van der Waals surface area contributed by atoms with E-state index in [0.29, 0.717) is 4.83 Å². The van der Waals surface area contributed by atoms with Crippen LogP contribution in [0.5, 0.6) is 0 Å². The molecule has 92 valence electrons. The third-order valence-corrected chi connectivity index (χ3v) is 7.63. The molecule has 3 saturated carbocycles. The zero-order valence-electron chi connectivity index (χ0n) is 9.97. The summed E-state index contributed by atoms with van der Waals surface area (Å²) in [6.07, 6.45) is 5.60. The molecule has 1 aromatic heterocycles. The Labute approximate surface area is 114 Å². The van der Waals surface area contributed by atoms with Crippen molar-refractivity contribution in [2.24, 2.45) is 23.7 Å². The smallest absolute Gasteiger partial charge is 0.131 e. The molecule has 0 aliphatic heterocycles. The van der Waals surface area contributed by atoms with Gasteiger partial charge >= 0.3 is 0 Å². The topological polar surface area (TPSA) is 25.8 Å². The lowest BCUT2D eigenvalue weighted by molar-refractivity contribution is 0.456. The van der Waals surface area contributed by atoms with E-state index in [1.807, 2.05) is 11.3 Å². The fraction of sp³-hybridized carbons (Fsp3) is 0.846. The van der Waals surface area contributed by atoms with Crippen LogP contribution >= 0.6 is 27.3 Å². The van der Waals surface area contributed by atoms with E-state index >= 15 is 0 Å². The van der Waals surface area contributed by atoms with Gasteiger partial charge in [-0.1, -0.05) is 22.9 Å². The fourth-order valence-electron chi connectivity index (χ4n) is 4.34. The van der Waals surface area contributed by atoms with Crippen molar-refractivity contribution in [3.05, 3.63) is 10.0 Å². The standard InChI is InChI=1S/C13H17BrN2S/c1-2-8(14)12-15-16-13(17-12)11-9-6-3-4-7(5-6)10(9)11/h6-11H,2-5H2,1H3. The average molecular weight is 313 g/mol. The molecule has 0 N–H and O–H groups in total. The molecule has 4 rings (SSSR count). The van der Waals surface area contributed by atoms with Gasteiger partial charge in [-0.3, -0.25) is 0 Å². The van der Waals surface area contributed by atoms with Crippen molar-refractivity contribution >= 4 is 27.3 Å². The van der Waals surface area contributed by atoms with E-state index in [2.05, 4.69) is 33.1 Å². The van der Waals surface area contributed by atoms with Crippen LogP contribution in [0, 0.1) is 23.7 Å². The monoisotopic (exact) mass is 312 g/mol. The van der Waals surface area contributed by atoms with Gasteiger partial charge in [0.15, 0.2) is 0 Å². The largest absolute Gasteiger partial charge is 0.143 e. The Balaban J connectivity index is 1.56. The summed E-state index contributed by atoms with van der Waals surface area (Å²) in [6, 6.07) is 0. The average Bonchev–Trinajstić information content (AvgIpc) is 2.81. The second-order valence-corrected chi connectivity index (χ2v) is 8.01. The summed E-state index contributed by atoms with van der Waals surface area (Å²) in [6.45, 7) is 2.19. The Morgan fingerprint density at radius 2 is 2.00 bits per heavy atom. The van der Waals surface area contributed by atoms with Crippen molar-refractivity contribution in [2.75, 3.05) is 0 Å². The molecule has 3 aliphatic rings. The predicted octanol–water partition coefficient (Wildman–Crippen LogP) is 4.14. The Kier molecular flexibility index (Phi) is 2.42. The first-order valence-corrected chi connectivity index (χ1v) is 8.50. The molecule has 4 heteroatoms. The number of nitrogens with zero attached hydrogens (tertiary/aromatic N) is 2. The van der Waals surface area contributed by atoms with Crippen molar-refractivity contribution in [3.8, 4) is 0 Å². The summed E-state index contributed by atoms with van der Waals surface area (Å²) >= 11 is 5.53. The molecule has 5 unspecified atom stereocenters. The Hall–Kier alpha value is 0.0400. The van der Waals surface area contributed by atoms with E-state index < -0.39 is 0 Å². The van der Waals surface area contributed by atoms with Crippen LogP contribution in [0.4, 0.5) is 0 Å². The van der Waals surface area contributed by atoms with Gasteiger partial charge in [-0.05, 0) is 49.4 Å². The van der Waals surface area contributed by atoms with Crippen molar-refractivity contribution in [1.29, 1.82) is 0 Å². The zero-order chi connectivity index (χ0) is 11.6. The number of halogens is 1. The molecule has 1 heterocycles. The third kappa shape index (κ3) is 1.49. The Morgan fingerprint density at radius 1 is 1.29 bits per heavy atom. The number of hydrogen-bond acceptors (Lipinski definition) is 3. The SMILES string of the molecule is CCC(Br)c1nnc(C2C3C4CCC(C4)C23)s1. The molecule has 3 aliphatic carbocycles. The van der Waals surface area contributed by atoms with Crippen molar-refractivity contribution in [2.45, 2.75) is 43.4 Å². The molecular weight excluding hydrogens is 296 g/mol. The highest BCUT2D eigenvalue weighted by Crippen LogP contribution is 2.73. The van der Waals surface area contributed by atoms with Crippen LogP contribution in [0.15, 0.2) is 0 Å². The van der Waals surface area contributed by atoms with Gasteiger partial charge in [0.2, 0.25) is 0 Å². The maximum absolute atomic E-state index is 4.46. The highest BCUT2D eigenvalue weighted by Gasteiger charge is 2.66. The molecule has 0 saturated heterocycles. The van der Waals surface area contributed by atoms with E-state index in [1.54, 1.807) is 0 Å². The minimum Gasteiger partial charge on any atom is -0.143 e. The van der Waals surface area contributed by atoms with Gasteiger partial charge in [-0.15, -0.1) is 21.5 Å². The molecule has 2 bridgehead atoms. The fourth-order valence-corrected chi connectivity index (χ4v) is 5.83. The molecule has 0 radical (unpaired) electrons. The van der Waals surface area contributed by atoms with Gasteiger partial charge in [0, 0.05) is 5.92 Å². The summed E-state index contributed by atoms with van der Waals surface area (Å²) in [5.41, 5.74) is 0. The summed E-state index contributed by atoms with van der Waals surface area (Å²) in [4.78, 5) is 0.407. The van der Waals surface area contributed by atoms with Crippen LogP contribution in [0.25, 0.3) is 0 Å². The summed E-state index contributed by atoms with van der Waals surface area (Å²) in [7, 11) is 0. The molecular formula is C13H17BrN2S. The minimum atomic E-state index is 0.407. The normalized spacial score (nSPS) is 43.8. The van der Waals surface area contributed by atoms with E-state index in [9.17, 15) is 0 Å². The summed E-state index contributed by atoms with van der Waals surface area (Å²) in [5.74, 6) is 4.85. The van der Waals surface area contributed by atoms with Gasteiger partial charge in [0.25, 0.3) is 0 Å². The molecule has 3 fully saturated rings. The van der Waals surface area contributed by atoms with Gasteiger partial charge < -0.3 is 0 Å². The van der Waals surface area contributed by atoms with Gasteiger partial charge in [0.05, 0.1) is 4.83 Å². The van der Waals surface area contributed by atoms with E-state index in [1.165, 1.54) is 29.3 Å². The van der Waals surface area contributed by atoms with E-state index in [0.717, 1.165) is 36.0 Å². The van der Waals surface area contributed by atoms with Gasteiger partial charge in [-0.25, -0.2) is 0 Å². The van der Waals surface area contributed by atoms with Crippen molar-refractivity contribution < 1.29 is 0 Å². The lowest BCUT2D eigenvalue weighted by atomic mass is 10.0.